The Bertz CT molecular complexity index is 1300. The standard InChI is InChI=1S/C24H26N4O4/c1-30-15-18-5-3-8-27(18)10-11-31-19-6-7-23-20(13-19)21(26-29)14-24(32-23)22-12-17-4-2-9-28(17)16-25-22/h2,4,6-7,9,12-14,16,18,29H,3,5,8,10-11,15H2,1H3. The van der Waals surface area contributed by atoms with Gasteiger partial charge in [0.1, 0.15) is 29.0 Å². The van der Waals surface area contributed by atoms with E-state index < -0.39 is 0 Å². The van der Waals surface area contributed by atoms with E-state index in [1.165, 1.54) is 12.8 Å². The third-order valence-corrected chi connectivity index (χ3v) is 6.00. The Hall–Kier alpha value is -3.36. The molecule has 0 spiro atoms. The van der Waals surface area contributed by atoms with Crippen LogP contribution in [0.5, 0.6) is 5.75 Å². The quantitative estimate of drug-likeness (QED) is 0.354. The van der Waals surface area contributed by atoms with Crippen molar-refractivity contribution in [2.75, 3.05) is 33.4 Å². The number of benzene rings is 1. The molecule has 1 saturated heterocycles. The molecule has 166 valence electrons. The molecule has 0 amide bonds. The van der Waals surface area contributed by atoms with Gasteiger partial charge in [0, 0.05) is 37.5 Å². The van der Waals surface area contributed by atoms with Crippen molar-refractivity contribution in [3.63, 3.8) is 0 Å². The number of ether oxygens (including phenoxy) is 2. The molecular formula is C24H26N4O4. The molecular weight excluding hydrogens is 408 g/mol. The van der Waals surface area contributed by atoms with Crippen LogP contribution in [0.25, 0.3) is 27.9 Å². The molecule has 8 nitrogen and oxygen atoms in total. The second-order valence-corrected chi connectivity index (χ2v) is 8.00. The van der Waals surface area contributed by atoms with Gasteiger partial charge in [0.2, 0.25) is 0 Å². The monoisotopic (exact) mass is 434 g/mol. The lowest BCUT2D eigenvalue weighted by atomic mass is 10.2. The van der Waals surface area contributed by atoms with Gasteiger partial charge in [-0.15, -0.1) is 0 Å². The van der Waals surface area contributed by atoms with Crippen molar-refractivity contribution in [3.8, 4) is 17.2 Å². The third kappa shape index (κ3) is 4.06. The van der Waals surface area contributed by atoms with Gasteiger partial charge in [0.25, 0.3) is 0 Å². The second kappa shape index (κ2) is 9.02. The number of likely N-dealkylation sites (tertiary alicyclic amines) is 1. The van der Waals surface area contributed by atoms with Crippen molar-refractivity contribution in [2.24, 2.45) is 5.16 Å². The van der Waals surface area contributed by atoms with Crippen LogP contribution in [0.3, 0.4) is 0 Å². The second-order valence-electron chi connectivity index (χ2n) is 8.00. The fourth-order valence-corrected chi connectivity index (χ4v) is 4.37. The first-order valence-electron chi connectivity index (χ1n) is 10.8. The molecule has 0 aliphatic carbocycles. The molecule has 32 heavy (non-hydrogen) atoms. The Morgan fingerprint density at radius 3 is 3.06 bits per heavy atom. The summed E-state index contributed by atoms with van der Waals surface area (Å²) in [5, 5.41) is 14.2. The van der Waals surface area contributed by atoms with E-state index in [0.717, 1.165) is 25.2 Å². The molecule has 1 atom stereocenters. The molecule has 0 radical (unpaired) electrons. The molecule has 1 aliphatic rings. The van der Waals surface area contributed by atoms with Crippen molar-refractivity contribution in [1.82, 2.24) is 14.3 Å². The zero-order valence-corrected chi connectivity index (χ0v) is 18.0. The highest BCUT2D eigenvalue weighted by Gasteiger charge is 2.23. The first kappa shape index (κ1) is 20.5. The number of aromatic nitrogens is 2. The van der Waals surface area contributed by atoms with Crippen LogP contribution in [0.4, 0.5) is 0 Å². The van der Waals surface area contributed by atoms with Crippen molar-refractivity contribution in [3.05, 3.63) is 60.3 Å². The van der Waals surface area contributed by atoms with Crippen molar-refractivity contribution < 1.29 is 19.1 Å². The predicted octanol–water partition coefficient (Wildman–Crippen LogP) is 3.53. The maximum Gasteiger partial charge on any atom is 0.155 e. The average Bonchev–Trinajstić information content (AvgIpc) is 3.47. The SMILES string of the molecule is COCC1CCCN1CCOc1ccc2oc(-c3cc4cccn4cn3)cc(=NO)c2c1. The van der Waals surface area contributed by atoms with Gasteiger partial charge >= 0.3 is 0 Å². The number of hydrogen-bond acceptors (Lipinski definition) is 7. The first-order valence-corrected chi connectivity index (χ1v) is 10.8. The highest BCUT2D eigenvalue weighted by atomic mass is 16.5. The van der Waals surface area contributed by atoms with Crippen LogP contribution in [0.15, 0.2) is 64.6 Å². The Morgan fingerprint density at radius 2 is 2.19 bits per heavy atom. The summed E-state index contributed by atoms with van der Waals surface area (Å²) in [5.74, 6) is 1.24. The molecule has 4 aromatic rings. The molecule has 8 heteroatoms. The van der Waals surface area contributed by atoms with E-state index in [1.54, 1.807) is 19.5 Å². The van der Waals surface area contributed by atoms with Crippen molar-refractivity contribution in [2.45, 2.75) is 18.9 Å². The van der Waals surface area contributed by atoms with Crippen LogP contribution in [0.1, 0.15) is 12.8 Å². The van der Waals surface area contributed by atoms with Gasteiger partial charge < -0.3 is 23.5 Å². The number of hydrogen-bond donors (Lipinski definition) is 1. The molecule has 3 aromatic heterocycles. The van der Waals surface area contributed by atoms with Crippen molar-refractivity contribution >= 4 is 16.5 Å². The molecule has 5 rings (SSSR count). The summed E-state index contributed by atoms with van der Waals surface area (Å²) in [5.41, 5.74) is 2.27. The molecule has 1 aromatic carbocycles. The fourth-order valence-electron chi connectivity index (χ4n) is 4.37. The summed E-state index contributed by atoms with van der Waals surface area (Å²) < 4.78 is 19.3. The molecule has 0 bridgehead atoms. The number of nitrogens with zero attached hydrogens (tertiary/aromatic N) is 4. The van der Waals surface area contributed by atoms with Gasteiger partial charge in [-0.3, -0.25) is 4.90 Å². The highest BCUT2D eigenvalue weighted by Crippen LogP contribution is 2.25. The highest BCUT2D eigenvalue weighted by molar-refractivity contribution is 5.80. The first-order chi connectivity index (χ1) is 15.7. The number of fused-ring (bicyclic) bond motifs is 2. The lowest BCUT2D eigenvalue weighted by molar-refractivity contribution is 0.105. The van der Waals surface area contributed by atoms with E-state index in [9.17, 15) is 5.21 Å². The predicted molar refractivity (Wildman–Crippen MR) is 120 cm³/mol. The third-order valence-electron chi connectivity index (χ3n) is 6.00. The summed E-state index contributed by atoms with van der Waals surface area (Å²) in [4.78, 5) is 6.87. The molecule has 1 N–H and O–H groups in total. The van der Waals surface area contributed by atoms with Crippen LogP contribution < -0.4 is 10.1 Å². The summed E-state index contributed by atoms with van der Waals surface area (Å²) in [6.07, 6.45) is 6.03. The van der Waals surface area contributed by atoms with Gasteiger partial charge in [-0.2, -0.15) is 0 Å². The smallest absolute Gasteiger partial charge is 0.155 e. The van der Waals surface area contributed by atoms with Crippen LogP contribution in [-0.2, 0) is 4.74 Å². The Kier molecular flexibility index (Phi) is 5.79. The van der Waals surface area contributed by atoms with E-state index in [-0.39, 0.29) is 0 Å². The molecule has 1 aliphatic heterocycles. The number of rotatable bonds is 7. The Balaban J connectivity index is 1.36. The van der Waals surface area contributed by atoms with Crippen LogP contribution >= 0.6 is 0 Å². The maximum absolute atomic E-state index is 9.64. The normalized spacial score (nSPS) is 17.5. The van der Waals surface area contributed by atoms with E-state index in [1.807, 2.05) is 47.0 Å². The van der Waals surface area contributed by atoms with Crippen molar-refractivity contribution in [1.29, 1.82) is 0 Å². The minimum Gasteiger partial charge on any atom is -0.492 e. The summed E-state index contributed by atoms with van der Waals surface area (Å²) in [7, 11) is 1.75. The maximum atomic E-state index is 9.64. The fraction of sp³-hybridized carbons (Fsp3) is 0.333. The Morgan fingerprint density at radius 1 is 1.25 bits per heavy atom. The minimum absolute atomic E-state index is 0.406. The van der Waals surface area contributed by atoms with Gasteiger partial charge in [-0.05, 0) is 55.8 Å². The summed E-state index contributed by atoms with van der Waals surface area (Å²) >= 11 is 0. The van der Waals surface area contributed by atoms with Crippen LogP contribution in [-0.4, -0.2) is 58.9 Å². The van der Waals surface area contributed by atoms with Gasteiger partial charge in [-0.1, -0.05) is 5.16 Å². The topological polar surface area (TPSA) is 84.7 Å². The van der Waals surface area contributed by atoms with Gasteiger partial charge in [-0.25, -0.2) is 4.98 Å². The van der Waals surface area contributed by atoms with Gasteiger partial charge in [0.05, 0.1) is 18.3 Å². The van der Waals surface area contributed by atoms with E-state index >= 15 is 0 Å². The summed E-state index contributed by atoms with van der Waals surface area (Å²) in [6, 6.07) is 13.6. The zero-order chi connectivity index (χ0) is 21.9. The molecule has 0 saturated carbocycles. The van der Waals surface area contributed by atoms with Crippen LogP contribution in [0, 0.1) is 0 Å². The van der Waals surface area contributed by atoms with Gasteiger partial charge in [0.15, 0.2) is 5.76 Å². The average molecular weight is 434 g/mol. The van der Waals surface area contributed by atoms with E-state index in [2.05, 4.69) is 15.0 Å². The molecule has 1 fully saturated rings. The van der Waals surface area contributed by atoms with E-state index in [4.69, 9.17) is 13.9 Å². The molecule has 1 unspecified atom stereocenters. The molecule has 4 heterocycles. The summed E-state index contributed by atoms with van der Waals surface area (Å²) in [6.45, 7) is 3.26. The largest absolute Gasteiger partial charge is 0.492 e. The lowest BCUT2D eigenvalue weighted by Gasteiger charge is -2.23. The zero-order valence-electron chi connectivity index (χ0n) is 18.0. The number of methoxy groups -OCH3 is 1. The Labute approximate surface area is 185 Å². The lowest BCUT2D eigenvalue weighted by Crippen LogP contribution is -2.35. The minimum atomic E-state index is 0.406. The van der Waals surface area contributed by atoms with E-state index in [0.29, 0.717) is 46.2 Å². The van der Waals surface area contributed by atoms with Crippen LogP contribution in [0.2, 0.25) is 0 Å².